The third-order valence-electron chi connectivity index (χ3n) is 0.358. The molecule has 2 amide bonds. The molecule has 0 bridgehead atoms. The van der Waals surface area contributed by atoms with Gasteiger partial charge < -0.3 is 22.3 Å². The second-order valence-corrected chi connectivity index (χ2v) is 1.33. The molecule has 0 saturated carbocycles. The highest BCUT2D eigenvalue weighted by molar-refractivity contribution is 5.69. The fourth-order valence-electron chi connectivity index (χ4n) is 0.123. The minimum absolute atomic E-state index is 0.0694. The van der Waals surface area contributed by atoms with Crippen molar-refractivity contribution in [2.24, 2.45) is 17.2 Å². The van der Waals surface area contributed by atoms with Gasteiger partial charge in [0.2, 0.25) is 0 Å². The monoisotopic (exact) mass is 149 g/mol. The summed E-state index contributed by atoms with van der Waals surface area (Å²) < 4.78 is 0. The first-order valence-corrected chi connectivity index (χ1v) is 2.47. The zero-order chi connectivity index (χ0) is 8.57. The molecule has 0 aromatic heterocycles. The number of primary amides is 2. The van der Waals surface area contributed by atoms with Gasteiger partial charge in [-0.25, -0.2) is 4.79 Å². The molecular weight excluding hydrogens is 138 g/mol. The fourth-order valence-corrected chi connectivity index (χ4v) is 0.123. The molecule has 10 heavy (non-hydrogen) atoms. The summed E-state index contributed by atoms with van der Waals surface area (Å²) in [5.41, 5.74) is 13.3. The van der Waals surface area contributed by atoms with Crippen molar-refractivity contribution in [3.8, 4) is 0 Å². The minimum atomic E-state index is -0.836. The number of carboxylic acid groups (broad SMARTS) is 1. The maximum atomic E-state index is 9.52. The average Bonchev–Trinajstić information content (AvgIpc) is 1.62. The molecular formula is C4H11N3O3. The molecule has 0 aliphatic rings. The van der Waals surface area contributed by atoms with Crippen LogP contribution in [0.5, 0.6) is 0 Å². The maximum absolute atomic E-state index is 9.52. The number of aliphatic carboxylic acids is 1. The van der Waals surface area contributed by atoms with Gasteiger partial charge in [-0.05, 0) is 0 Å². The number of urea groups is 1. The van der Waals surface area contributed by atoms with E-state index < -0.39 is 12.0 Å². The standard InChI is InChI=1S/C3H7NO2.CH4N2O/c4-2-1-3(5)6;2-1(3)4/h1-2,4H2,(H,5,6);(H4,2,3,4). The van der Waals surface area contributed by atoms with Crippen LogP contribution in [0.1, 0.15) is 6.42 Å². The van der Waals surface area contributed by atoms with E-state index in [2.05, 4.69) is 11.5 Å². The molecule has 0 aromatic carbocycles. The predicted octanol–water partition coefficient (Wildman–Crippen LogP) is -1.56. The van der Waals surface area contributed by atoms with Crippen molar-refractivity contribution >= 4 is 12.0 Å². The Morgan fingerprint density at radius 1 is 1.30 bits per heavy atom. The van der Waals surface area contributed by atoms with Crippen molar-refractivity contribution in [2.75, 3.05) is 6.54 Å². The molecule has 0 aliphatic carbocycles. The van der Waals surface area contributed by atoms with E-state index in [1.54, 1.807) is 0 Å². The molecule has 0 aromatic rings. The summed E-state index contributed by atoms with van der Waals surface area (Å²) >= 11 is 0. The van der Waals surface area contributed by atoms with Crippen LogP contribution in [0.25, 0.3) is 0 Å². The number of carbonyl (C=O) groups is 2. The van der Waals surface area contributed by atoms with Gasteiger partial charge in [-0.2, -0.15) is 0 Å². The zero-order valence-electron chi connectivity index (χ0n) is 5.41. The van der Waals surface area contributed by atoms with Gasteiger partial charge in [0.05, 0.1) is 6.42 Å². The first-order chi connectivity index (χ1) is 4.50. The number of nitrogens with two attached hydrogens (primary N) is 3. The molecule has 7 N–H and O–H groups in total. The van der Waals surface area contributed by atoms with E-state index in [0.717, 1.165) is 0 Å². The summed E-state index contributed by atoms with van der Waals surface area (Å²) in [4.78, 5) is 18.5. The van der Waals surface area contributed by atoms with Gasteiger partial charge in [0.15, 0.2) is 0 Å². The number of hydrogen-bond acceptors (Lipinski definition) is 3. The van der Waals surface area contributed by atoms with E-state index in [1.165, 1.54) is 0 Å². The molecule has 0 fully saturated rings. The van der Waals surface area contributed by atoms with E-state index in [9.17, 15) is 4.79 Å². The van der Waals surface area contributed by atoms with E-state index in [4.69, 9.17) is 15.6 Å². The summed E-state index contributed by atoms with van der Waals surface area (Å²) in [5.74, 6) is -0.836. The molecule has 6 nitrogen and oxygen atoms in total. The van der Waals surface area contributed by atoms with Crippen molar-refractivity contribution in [1.82, 2.24) is 0 Å². The quantitative estimate of drug-likeness (QED) is 0.378. The van der Waals surface area contributed by atoms with Crippen LogP contribution in [-0.4, -0.2) is 23.7 Å². The third-order valence-corrected chi connectivity index (χ3v) is 0.358. The van der Waals surface area contributed by atoms with E-state index >= 15 is 0 Å². The van der Waals surface area contributed by atoms with Crippen LogP contribution in [0.15, 0.2) is 0 Å². The second kappa shape index (κ2) is 7.70. The van der Waals surface area contributed by atoms with Crippen LogP contribution in [0, 0.1) is 0 Å². The van der Waals surface area contributed by atoms with Crippen LogP contribution in [-0.2, 0) is 4.79 Å². The Hall–Kier alpha value is -1.30. The first kappa shape index (κ1) is 11.5. The van der Waals surface area contributed by atoms with Crippen LogP contribution in [0.4, 0.5) is 4.79 Å². The minimum Gasteiger partial charge on any atom is -0.481 e. The topological polar surface area (TPSA) is 132 Å². The Kier molecular flexibility index (Phi) is 8.85. The third kappa shape index (κ3) is 75.3. The van der Waals surface area contributed by atoms with Gasteiger partial charge >= 0.3 is 12.0 Å². The molecule has 0 heterocycles. The fraction of sp³-hybridized carbons (Fsp3) is 0.500. The van der Waals surface area contributed by atoms with E-state index in [0.29, 0.717) is 0 Å². The van der Waals surface area contributed by atoms with Gasteiger partial charge in [0.25, 0.3) is 0 Å². The smallest absolute Gasteiger partial charge is 0.309 e. The van der Waals surface area contributed by atoms with Gasteiger partial charge in [0, 0.05) is 6.54 Å². The lowest BCUT2D eigenvalue weighted by Gasteiger charge is -1.80. The molecule has 0 unspecified atom stereocenters. The van der Waals surface area contributed by atoms with Crippen LogP contribution in [0.2, 0.25) is 0 Å². The van der Waals surface area contributed by atoms with Crippen LogP contribution < -0.4 is 17.2 Å². The normalized spacial score (nSPS) is 7.30. The summed E-state index contributed by atoms with van der Waals surface area (Å²) in [5, 5.41) is 7.83. The van der Waals surface area contributed by atoms with Gasteiger partial charge in [0.1, 0.15) is 0 Å². The molecule has 60 valence electrons. The molecule has 0 saturated heterocycles. The van der Waals surface area contributed by atoms with Crippen molar-refractivity contribution in [2.45, 2.75) is 6.42 Å². The van der Waals surface area contributed by atoms with E-state index in [-0.39, 0.29) is 13.0 Å². The van der Waals surface area contributed by atoms with Crippen molar-refractivity contribution in [3.63, 3.8) is 0 Å². The highest BCUT2D eigenvalue weighted by Gasteiger charge is 1.87. The number of carbonyl (C=O) groups excluding carboxylic acids is 1. The summed E-state index contributed by atoms with van der Waals surface area (Å²) in [6.45, 7) is 0.231. The molecule has 0 radical (unpaired) electrons. The van der Waals surface area contributed by atoms with Crippen molar-refractivity contribution in [3.05, 3.63) is 0 Å². The predicted molar refractivity (Wildman–Crippen MR) is 35.1 cm³/mol. The van der Waals surface area contributed by atoms with Gasteiger partial charge in [-0.1, -0.05) is 0 Å². The zero-order valence-corrected chi connectivity index (χ0v) is 5.41. The number of carboxylic acids is 1. The Balaban J connectivity index is 0. The average molecular weight is 149 g/mol. The maximum Gasteiger partial charge on any atom is 0.309 e. The SMILES string of the molecule is NC(N)=O.NCCC(=O)O. The molecule has 0 atom stereocenters. The lowest BCUT2D eigenvalue weighted by Crippen LogP contribution is -2.18. The van der Waals surface area contributed by atoms with E-state index in [1.807, 2.05) is 0 Å². The number of amides is 2. The lowest BCUT2D eigenvalue weighted by molar-refractivity contribution is -0.136. The lowest BCUT2D eigenvalue weighted by atomic mass is 10.5. The van der Waals surface area contributed by atoms with Crippen molar-refractivity contribution in [1.29, 1.82) is 0 Å². The first-order valence-electron chi connectivity index (χ1n) is 2.47. The Bertz CT molecular complexity index is 110. The summed E-state index contributed by atoms with van der Waals surface area (Å²) in [6.07, 6.45) is 0.0694. The Morgan fingerprint density at radius 2 is 1.60 bits per heavy atom. The highest BCUT2D eigenvalue weighted by Crippen LogP contribution is 1.67. The highest BCUT2D eigenvalue weighted by atomic mass is 16.4. The molecule has 0 spiro atoms. The largest absolute Gasteiger partial charge is 0.481 e. The second-order valence-electron chi connectivity index (χ2n) is 1.33. The Morgan fingerprint density at radius 3 is 1.60 bits per heavy atom. The van der Waals surface area contributed by atoms with Crippen LogP contribution in [0.3, 0.4) is 0 Å². The summed E-state index contributed by atoms with van der Waals surface area (Å²) in [6, 6.07) is -0.833. The van der Waals surface area contributed by atoms with Gasteiger partial charge in [-0.3, -0.25) is 4.79 Å². The molecule has 0 aliphatic heterocycles. The van der Waals surface area contributed by atoms with Crippen LogP contribution >= 0.6 is 0 Å². The Labute approximate surface area is 58.0 Å². The van der Waals surface area contributed by atoms with Crippen molar-refractivity contribution < 1.29 is 14.7 Å². The summed E-state index contributed by atoms with van der Waals surface area (Å²) in [7, 11) is 0. The number of rotatable bonds is 2. The molecule has 0 rings (SSSR count). The molecule has 6 heteroatoms. The number of hydrogen-bond donors (Lipinski definition) is 4. The van der Waals surface area contributed by atoms with Gasteiger partial charge in [-0.15, -0.1) is 0 Å².